The number of aromatic nitrogens is 1. The Bertz CT molecular complexity index is 1440. The lowest BCUT2D eigenvalue weighted by Gasteiger charge is -2.18. The molecule has 2 heterocycles. The van der Waals surface area contributed by atoms with Crippen molar-refractivity contribution in [3.8, 4) is 22.9 Å². The molecule has 0 bridgehead atoms. The summed E-state index contributed by atoms with van der Waals surface area (Å²) in [6, 6.07) is 19.0. The molecule has 0 radical (unpaired) electrons. The maximum atomic E-state index is 12.6. The SMILES string of the molecule is CC[C@@H](C)Oc1c(C=NNC(=O)c2ccc(COc3ccc(-n4c(C)ccc4C)cc3)o2)cc(Br)cc1OC. The van der Waals surface area contributed by atoms with Crippen LogP contribution in [0.2, 0.25) is 0 Å². The first-order chi connectivity index (χ1) is 18.8. The number of carbonyl (C=O) groups excluding carboxylic acids is 1. The van der Waals surface area contributed by atoms with Crippen LogP contribution in [0.5, 0.6) is 17.2 Å². The van der Waals surface area contributed by atoms with Crippen LogP contribution in [0.25, 0.3) is 5.69 Å². The highest BCUT2D eigenvalue weighted by atomic mass is 79.9. The molecule has 0 aliphatic rings. The molecule has 8 nitrogen and oxygen atoms in total. The van der Waals surface area contributed by atoms with E-state index in [0.29, 0.717) is 28.6 Å². The van der Waals surface area contributed by atoms with Crippen LogP contribution in [0.15, 0.2) is 74.7 Å². The number of ether oxygens (including phenoxy) is 3. The van der Waals surface area contributed by atoms with Gasteiger partial charge in [-0.3, -0.25) is 4.79 Å². The third kappa shape index (κ3) is 6.92. The van der Waals surface area contributed by atoms with E-state index in [1.54, 1.807) is 19.2 Å². The highest BCUT2D eigenvalue weighted by Gasteiger charge is 2.15. The minimum atomic E-state index is -0.481. The summed E-state index contributed by atoms with van der Waals surface area (Å²) < 4.78 is 26.0. The number of hydrogen-bond acceptors (Lipinski definition) is 6. The van der Waals surface area contributed by atoms with Crippen molar-refractivity contribution >= 4 is 28.1 Å². The van der Waals surface area contributed by atoms with E-state index in [1.807, 2.05) is 50.2 Å². The summed E-state index contributed by atoms with van der Waals surface area (Å²) >= 11 is 3.47. The number of benzene rings is 2. The first kappa shape index (κ1) is 28.0. The van der Waals surface area contributed by atoms with Crippen LogP contribution in [-0.2, 0) is 6.61 Å². The fourth-order valence-electron chi connectivity index (χ4n) is 3.96. The minimum absolute atomic E-state index is 0.0173. The minimum Gasteiger partial charge on any atom is -0.493 e. The molecule has 4 aromatic rings. The van der Waals surface area contributed by atoms with Gasteiger partial charge < -0.3 is 23.2 Å². The third-order valence-electron chi connectivity index (χ3n) is 6.16. The summed E-state index contributed by atoms with van der Waals surface area (Å²) in [4.78, 5) is 12.6. The van der Waals surface area contributed by atoms with Crippen molar-refractivity contribution in [1.82, 2.24) is 9.99 Å². The molecule has 2 aromatic heterocycles. The summed E-state index contributed by atoms with van der Waals surface area (Å²) in [5.41, 5.74) is 6.56. The summed E-state index contributed by atoms with van der Waals surface area (Å²) in [5.74, 6) is 1.99. The Labute approximate surface area is 236 Å². The van der Waals surface area contributed by atoms with Crippen LogP contribution in [0.1, 0.15) is 53.5 Å². The first-order valence-corrected chi connectivity index (χ1v) is 13.4. The maximum absolute atomic E-state index is 12.6. The second-order valence-electron chi connectivity index (χ2n) is 9.06. The van der Waals surface area contributed by atoms with Gasteiger partial charge in [-0.1, -0.05) is 22.9 Å². The van der Waals surface area contributed by atoms with Gasteiger partial charge in [0.15, 0.2) is 17.3 Å². The van der Waals surface area contributed by atoms with E-state index in [2.05, 4.69) is 57.0 Å². The lowest BCUT2D eigenvalue weighted by Crippen LogP contribution is -2.17. The average molecular weight is 595 g/mol. The van der Waals surface area contributed by atoms with Gasteiger partial charge in [-0.05, 0) is 87.9 Å². The van der Waals surface area contributed by atoms with Crippen LogP contribution < -0.4 is 19.6 Å². The molecule has 0 aliphatic heterocycles. The lowest BCUT2D eigenvalue weighted by molar-refractivity contribution is 0.0923. The number of carbonyl (C=O) groups is 1. The zero-order valence-electron chi connectivity index (χ0n) is 22.7. The molecule has 0 unspecified atom stereocenters. The molecule has 0 spiro atoms. The summed E-state index contributed by atoms with van der Waals surface area (Å²) in [5, 5.41) is 4.10. The fourth-order valence-corrected chi connectivity index (χ4v) is 4.42. The van der Waals surface area contributed by atoms with E-state index in [1.165, 1.54) is 17.6 Å². The lowest BCUT2D eigenvalue weighted by atomic mass is 10.2. The molecule has 9 heteroatoms. The number of hydrogen-bond donors (Lipinski definition) is 1. The standard InChI is InChI=1S/C30H32BrN3O5/c1-6-21(4)38-29-22(15-23(31)16-28(29)36-5)17-32-33-30(35)27-14-13-26(39-27)18-37-25-11-9-24(10-12-25)34-19(2)7-8-20(34)3/h7-17,21H,6,18H2,1-5H3,(H,33,35)/t21-/m1/s1. The Hall–Kier alpha value is -3.98. The van der Waals surface area contributed by atoms with Gasteiger partial charge >= 0.3 is 5.91 Å². The third-order valence-corrected chi connectivity index (χ3v) is 6.62. The van der Waals surface area contributed by atoms with Crippen LogP contribution in [0.3, 0.4) is 0 Å². The topological polar surface area (TPSA) is 87.2 Å². The molecular weight excluding hydrogens is 562 g/mol. The van der Waals surface area contributed by atoms with E-state index < -0.39 is 5.91 Å². The van der Waals surface area contributed by atoms with Gasteiger partial charge in [-0.2, -0.15) is 5.10 Å². The number of hydrazone groups is 1. The molecule has 1 N–H and O–H groups in total. The zero-order chi connectivity index (χ0) is 27.9. The molecule has 204 valence electrons. The fraction of sp³-hybridized carbons (Fsp3) is 0.267. The quantitative estimate of drug-likeness (QED) is 0.150. The van der Waals surface area contributed by atoms with Crippen LogP contribution in [0.4, 0.5) is 0 Å². The van der Waals surface area contributed by atoms with Crippen LogP contribution in [-0.4, -0.2) is 29.9 Å². The Morgan fingerprint density at radius 2 is 1.82 bits per heavy atom. The van der Waals surface area contributed by atoms with E-state index in [0.717, 1.165) is 16.6 Å². The summed E-state index contributed by atoms with van der Waals surface area (Å²) in [7, 11) is 1.58. The normalized spacial score (nSPS) is 11.9. The molecule has 1 atom stereocenters. The number of halogens is 1. The van der Waals surface area contributed by atoms with Crippen molar-refractivity contribution in [2.45, 2.75) is 46.8 Å². The van der Waals surface area contributed by atoms with Crippen molar-refractivity contribution < 1.29 is 23.4 Å². The molecule has 0 saturated heterocycles. The number of amides is 1. The van der Waals surface area contributed by atoms with Gasteiger partial charge in [0.2, 0.25) is 0 Å². The average Bonchev–Trinajstić information content (AvgIpc) is 3.54. The smallest absolute Gasteiger partial charge is 0.307 e. The molecular formula is C30H32BrN3O5. The monoisotopic (exact) mass is 593 g/mol. The zero-order valence-corrected chi connectivity index (χ0v) is 24.2. The Morgan fingerprint density at radius 1 is 1.10 bits per heavy atom. The van der Waals surface area contributed by atoms with Gasteiger partial charge in [0.05, 0.1) is 19.4 Å². The number of rotatable bonds is 11. The van der Waals surface area contributed by atoms with Crippen molar-refractivity contribution in [2.24, 2.45) is 5.10 Å². The van der Waals surface area contributed by atoms with Gasteiger partial charge in [-0.25, -0.2) is 5.43 Å². The van der Waals surface area contributed by atoms with Gasteiger partial charge in [0.1, 0.15) is 18.1 Å². The predicted octanol–water partition coefficient (Wildman–Crippen LogP) is 6.98. The maximum Gasteiger partial charge on any atom is 0.307 e. The molecule has 2 aromatic carbocycles. The molecule has 0 saturated carbocycles. The van der Waals surface area contributed by atoms with Gasteiger partial charge in [0.25, 0.3) is 0 Å². The largest absolute Gasteiger partial charge is 0.493 e. The van der Waals surface area contributed by atoms with E-state index in [9.17, 15) is 4.79 Å². The highest BCUT2D eigenvalue weighted by Crippen LogP contribution is 2.35. The van der Waals surface area contributed by atoms with E-state index in [4.69, 9.17) is 18.6 Å². The summed E-state index contributed by atoms with van der Waals surface area (Å²) in [6.45, 7) is 8.35. The second kappa shape index (κ2) is 12.7. The van der Waals surface area contributed by atoms with Crippen LogP contribution in [0, 0.1) is 13.8 Å². The van der Waals surface area contributed by atoms with Crippen molar-refractivity contribution in [1.29, 1.82) is 0 Å². The van der Waals surface area contributed by atoms with Gasteiger partial charge in [-0.15, -0.1) is 0 Å². The Morgan fingerprint density at radius 3 is 2.49 bits per heavy atom. The number of methoxy groups -OCH3 is 1. The van der Waals surface area contributed by atoms with Gasteiger partial charge in [0, 0.05) is 27.1 Å². The Kier molecular flexibility index (Phi) is 9.14. The summed E-state index contributed by atoms with van der Waals surface area (Å²) in [6.07, 6.45) is 2.32. The van der Waals surface area contributed by atoms with E-state index >= 15 is 0 Å². The van der Waals surface area contributed by atoms with E-state index in [-0.39, 0.29) is 18.5 Å². The number of nitrogens with one attached hydrogen (secondary N) is 1. The predicted molar refractivity (Wildman–Crippen MR) is 154 cm³/mol. The van der Waals surface area contributed by atoms with Crippen LogP contribution >= 0.6 is 15.9 Å². The van der Waals surface area contributed by atoms with Crippen molar-refractivity contribution in [3.05, 3.63) is 93.6 Å². The number of aryl methyl sites for hydroxylation is 2. The molecule has 0 aliphatic carbocycles. The number of furan rings is 1. The van der Waals surface area contributed by atoms with Crippen molar-refractivity contribution in [2.75, 3.05) is 7.11 Å². The molecule has 1 amide bonds. The Balaban J connectivity index is 1.36. The molecule has 4 rings (SSSR count). The second-order valence-corrected chi connectivity index (χ2v) is 9.98. The highest BCUT2D eigenvalue weighted by molar-refractivity contribution is 9.10. The molecule has 39 heavy (non-hydrogen) atoms. The number of nitrogens with zero attached hydrogens (tertiary/aromatic N) is 2. The van der Waals surface area contributed by atoms with Crippen molar-refractivity contribution in [3.63, 3.8) is 0 Å². The first-order valence-electron chi connectivity index (χ1n) is 12.6. The molecule has 0 fully saturated rings.